The highest BCUT2D eigenvalue weighted by Gasteiger charge is 2.41. The molecule has 0 radical (unpaired) electrons. The molecule has 0 unspecified atom stereocenters. The van der Waals surface area contributed by atoms with Crippen molar-refractivity contribution in [2.45, 2.75) is 53.1 Å². The highest BCUT2D eigenvalue weighted by molar-refractivity contribution is 6.98. The number of anilines is 3. The number of benzene rings is 7. The summed E-state index contributed by atoms with van der Waals surface area (Å²) in [5.74, 6) is 3.42. The van der Waals surface area contributed by atoms with E-state index in [9.17, 15) is 0 Å². The molecule has 0 atom stereocenters. The Kier molecular flexibility index (Phi) is 8.75. The summed E-state index contributed by atoms with van der Waals surface area (Å²) in [7, 11) is -2.88. The van der Waals surface area contributed by atoms with Crippen molar-refractivity contribution in [1.82, 2.24) is 0 Å². The van der Waals surface area contributed by atoms with Crippen molar-refractivity contribution < 1.29 is 9.47 Å². The average Bonchev–Trinajstić information content (AvgIpc) is 3.17. The summed E-state index contributed by atoms with van der Waals surface area (Å²) < 4.78 is 14.1. The van der Waals surface area contributed by atoms with Crippen molar-refractivity contribution in [1.29, 1.82) is 0 Å². The third-order valence-corrected chi connectivity index (χ3v) is 15.6. The molecular weight excluding hydrogens is 714 g/mol. The Morgan fingerprint density at radius 2 is 0.857 bits per heavy atom. The molecule has 0 fully saturated rings. The van der Waals surface area contributed by atoms with E-state index in [0.29, 0.717) is 0 Å². The Hall–Kier alpha value is -5.56. The molecule has 9 rings (SSSR count). The third kappa shape index (κ3) is 6.41. The molecule has 0 aliphatic carbocycles. The van der Waals surface area contributed by atoms with E-state index in [2.05, 4.69) is 204 Å². The van der Waals surface area contributed by atoms with Gasteiger partial charge in [0.2, 0.25) is 0 Å². The molecule has 0 saturated heterocycles. The van der Waals surface area contributed by atoms with Crippen molar-refractivity contribution in [3.05, 3.63) is 157 Å². The Bertz CT molecular complexity index is 2470. The number of nitrogens with zero attached hydrogens (tertiary/aromatic N) is 1. The van der Waals surface area contributed by atoms with Crippen molar-refractivity contribution in [3.8, 4) is 45.3 Å². The van der Waals surface area contributed by atoms with Gasteiger partial charge >= 0.3 is 0 Å². The van der Waals surface area contributed by atoms with Crippen LogP contribution < -0.4 is 41.1 Å². The van der Waals surface area contributed by atoms with Gasteiger partial charge in [0.25, 0.3) is 6.71 Å². The summed E-state index contributed by atoms with van der Waals surface area (Å²) in [6.07, 6.45) is 0. The van der Waals surface area contributed by atoms with E-state index in [-0.39, 0.29) is 6.71 Å². The monoisotopic (exact) mass is 761 g/mol. The van der Waals surface area contributed by atoms with Crippen molar-refractivity contribution in [2.75, 3.05) is 4.90 Å². The molecule has 56 heavy (non-hydrogen) atoms. The molecule has 0 N–H and O–H groups in total. The molecule has 3 nitrogen and oxygen atoms in total. The summed E-state index contributed by atoms with van der Waals surface area (Å²) in [6.45, 7) is 18.9. The van der Waals surface area contributed by atoms with E-state index in [4.69, 9.17) is 9.47 Å². The topological polar surface area (TPSA) is 21.7 Å². The van der Waals surface area contributed by atoms with Crippen LogP contribution in [0.15, 0.2) is 146 Å². The first kappa shape index (κ1) is 36.1. The number of hydrogen-bond acceptors (Lipinski definition) is 3. The smallest absolute Gasteiger partial charge is 0.260 e. The molecule has 0 bridgehead atoms. The van der Waals surface area contributed by atoms with E-state index < -0.39 is 16.1 Å². The maximum absolute atomic E-state index is 7.03. The van der Waals surface area contributed by atoms with Crippen molar-refractivity contribution in [2.24, 2.45) is 0 Å². The largest absolute Gasteiger partial charge is 0.458 e. The van der Waals surface area contributed by atoms with Crippen LogP contribution in [-0.2, 0) is 0 Å². The van der Waals surface area contributed by atoms with E-state index in [1.165, 1.54) is 43.8 Å². The number of rotatable bonds is 7. The van der Waals surface area contributed by atoms with Crippen molar-refractivity contribution in [3.63, 3.8) is 0 Å². The fourth-order valence-electron chi connectivity index (χ4n) is 8.45. The minimum atomic E-state index is -1.44. The second kappa shape index (κ2) is 13.6. The second-order valence-electron chi connectivity index (χ2n) is 17.6. The van der Waals surface area contributed by atoms with Crippen LogP contribution in [0.1, 0.15) is 11.1 Å². The van der Waals surface area contributed by atoms with E-state index in [0.717, 1.165) is 56.4 Å². The minimum Gasteiger partial charge on any atom is -0.458 e. The summed E-state index contributed by atoms with van der Waals surface area (Å²) in [5, 5.41) is 2.95. The minimum absolute atomic E-state index is 0.0442. The molecule has 7 aromatic rings. The van der Waals surface area contributed by atoms with Crippen LogP contribution in [0.4, 0.5) is 17.1 Å². The zero-order chi connectivity index (χ0) is 38.9. The van der Waals surface area contributed by atoms with Gasteiger partial charge in [0.1, 0.15) is 23.0 Å². The van der Waals surface area contributed by atoms with Gasteiger partial charge < -0.3 is 14.4 Å². The number of fused-ring (bicyclic) bond motifs is 4. The third-order valence-electron chi connectivity index (χ3n) is 11.6. The van der Waals surface area contributed by atoms with Gasteiger partial charge in [-0.15, -0.1) is 0 Å². The lowest BCUT2D eigenvalue weighted by atomic mass is 9.34. The number of para-hydroxylation sites is 2. The molecule has 276 valence electrons. The maximum Gasteiger partial charge on any atom is 0.260 e. The Labute approximate surface area is 334 Å². The van der Waals surface area contributed by atoms with Crippen LogP contribution in [0.5, 0.6) is 23.0 Å². The quantitative estimate of drug-likeness (QED) is 0.151. The lowest BCUT2D eigenvalue weighted by Crippen LogP contribution is -2.57. The molecule has 2 aliphatic heterocycles. The van der Waals surface area contributed by atoms with Crippen LogP contribution in [0.2, 0.25) is 39.3 Å². The fourth-order valence-corrected chi connectivity index (χ4v) is 10.9. The SMILES string of the molecule is Cc1cc([Si](C)(C)C)ccc1-c1ccc2c(c1)Oc1cc(N(c3ccccc3)c3ccccc3)cc3c1B2c1ccc(-c2ccc([Si](C)(C)C)cc2C)cc1O3. The maximum atomic E-state index is 7.03. The zero-order valence-electron chi connectivity index (χ0n) is 33.7. The molecular formula is C50H48BNO2Si2. The summed E-state index contributed by atoms with van der Waals surface area (Å²) >= 11 is 0. The van der Waals surface area contributed by atoms with Crippen molar-refractivity contribution >= 4 is 66.7 Å². The van der Waals surface area contributed by atoms with Gasteiger partial charge in [0.05, 0.1) is 21.8 Å². The molecule has 0 spiro atoms. The zero-order valence-corrected chi connectivity index (χ0v) is 35.7. The van der Waals surface area contributed by atoms with Gasteiger partial charge in [0, 0.05) is 29.0 Å². The first-order chi connectivity index (χ1) is 26.8. The molecule has 6 heteroatoms. The molecule has 2 aliphatic rings. The Morgan fingerprint density at radius 1 is 0.429 bits per heavy atom. The predicted octanol–water partition coefficient (Wildman–Crippen LogP) is 10.9. The highest BCUT2D eigenvalue weighted by atomic mass is 28.3. The average molecular weight is 762 g/mol. The summed E-state index contributed by atoms with van der Waals surface area (Å²) in [6, 6.07) is 53.1. The molecule has 2 heterocycles. The second-order valence-corrected chi connectivity index (χ2v) is 27.7. The summed E-state index contributed by atoms with van der Waals surface area (Å²) in [4.78, 5) is 2.28. The number of aryl methyl sites for hydroxylation is 2. The van der Waals surface area contributed by atoms with Gasteiger partial charge in [-0.25, -0.2) is 0 Å². The molecule has 0 saturated carbocycles. The van der Waals surface area contributed by atoms with E-state index in [1.807, 2.05) is 0 Å². The standard InChI is InChI=1S/C50H48BNO2Si2/c1-33-27-40(55(3,4)5)21-23-42(33)35-19-25-44-46(29-35)53-48-31-39(52(37-15-11-9-12-16-37)38-17-13-10-14-18-38)32-49-50(48)51(44)45-26-20-36(30-47(45)54-49)43-24-22-41(28-34(43)2)56(6,7)8/h9-32H,1-8H3. The lowest BCUT2D eigenvalue weighted by molar-refractivity contribution is 0.465. The van der Waals surface area contributed by atoms with Crippen LogP contribution in [0.25, 0.3) is 22.3 Å². The van der Waals surface area contributed by atoms with Gasteiger partial charge in [-0.1, -0.05) is 147 Å². The van der Waals surface area contributed by atoms with Crippen LogP contribution in [0, 0.1) is 13.8 Å². The van der Waals surface area contributed by atoms with Gasteiger partial charge in [0.15, 0.2) is 0 Å². The van der Waals surface area contributed by atoms with Crippen LogP contribution in [-0.4, -0.2) is 22.9 Å². The van der Waals surface area contributed by atoms with Gasteiger partial charge in [-0.05, 0) is 94.6 Å². The summed E-state index contributed by atoms with van der Waals surface area (Å²) in [5.41, 5.74) is 13.9. The number of ether oxygens (including phenoxy) is 2. The lowest BCUT2D eigenvalue weighted by Gasteiger charge is -2.35. The Balaban J connectivity index is 1.22. The molecule has 0 amide bonds. The normalized spacial score (nSPS) is 12.9. The van der Waals surface area contributed by atoms with Crippen LogP contribution >= 0.6 is 0 Å². The highest BCUT2D eigenvalue weighted by Crippen LogP contribution is 2.43. The fraction of sp³-hybridized carbons (Fsp3) is 0.160. The first-order valence-electron chi connectivity index (χ1n) is 19.8. The van der Waals surface area contributed by atoms with Gasteiger partial charge in [-0.2, -0.15) is 0 Å². The molecule has 0 aromatic heterocycles. The van der Waals surface area contributed by atoms with E-state index in [1.54, 1.807) is 0 Å². The van der Waals surface area contributed by atoms with Crippen LogP contribution in [0.3, 0.4) is 0 Å². The first-order valence-corrected chi connectivity index (χ1v) is 26.8. The Morgan fingerprint density at radius 3 is 1.25 bits per heavy atom. The predicted molar refractivity (Wildman–Crippen MR) is 245 cm³/mol. The van der Waals surface area contributed by atoms with E-state index >= 15 is 0 Å². The number of hydrogen-bond donors (Lipinski definition) is 0. The van der Waals surface area contributed by atoms with Gasteiger partial charge in [-0.3, -0.25) is 0 Å². The molecule has 7 aromatic carbocycles.